The van der Waals surface area contributed by atoms with Gasteiger partial charge < -0.3 is 15.2 Å². The van der Waals surface area contributed by atoms with Crippen LogP contribution in [0.5, 0.6) is 0 Å². The molecule has 0 aliphatic heterocycles. The Morgan fingerprint density at radius 1 is 1.19 bits per heavy atom. The molecule has 0 radical (unpaired) electrons. The fourth-order valence-corrected chi connectivity index (χ4v) is 2.43. The van der Waals surface area contributed by atoms with Gasteiger partial charge >= 0.3 is 6.18 Å². The Bertz CT molecular complexity index is 988. The second-order valence-electron chi connectivity index (χ2n) is 5.52. The summed E-state index contributed by atoms with van der Waals surface area (Å²) in [6.45, 7) is 1.66. The van der Waals surface area contributed by atoms with E-state index in [9.17, 15) is 18.0 Å². The van der Waals surface area contributed by atoms with Crippen LogP contribution in [0.25, 0.3) is 0 Å². The van der Waals surface area contributed by atoms with Crippen LogP contribution >= 0.6 is 11.6 Å². The standard InChI is InChI=1S/C17H12ClF3N4O2/c1-9-6-15(25-27-9)24-16(26)14-8-11(4-5-22-14)23-13-3-2-10(18)7-12(13)17(19,20)21/h2-8H,1H3,(H,22,23)(H,24,25,26). The molecular formula is C17H12ClF3N4O2. The van der Waals surface area contributed by atoms with Gasteiger partial charge in [-0.05, 0) is 37.3 Å². The zero-order valence-electron chi connectivity index (χ0n) is 13.8. The third-order valence-corrected chi connectivity index (χ3v) is 3.66. The highest BCUT2D eigenvalue weighted by Crippen LogP contribution is 2.37. The van der Waals surface area contributed by atoms with Crippen LogP contribution in [0, 0.1) is 6.92 Å². The van der Waals surface area contributed by atoms with Crippen LogP contribution in [-0.2, 0) is 6.18 Å². The lowest BCUT2D eigenvalue weighted by Crippen LogP contribution is -2.14. The van der Waals surface area contributed by atoms with Crippen LogP contribution < -0.4 is 10.6 Å². The third kappa shape index (κ3) is 4.56. The molecule has 1 aromatic carbocycles. The van der Waals surface area contributed by atoms with Crippen LogP contribution in [0.4, 0.5) is 30.4 Å². The van der Waals surface area contributed by atoms with E-state index in [1.54, 1.807) is 6.92 Å². The maximum atomic E-state index is 13.2. The third-order valence-electron chi connectivity index (χ3n) is 3.43. The molecule has 0 aliphatic carbocycles. The van der Waals surface area contributed by atoms with E-state index in [1.807, 2.05) is 0 Å². The van der Waals surface area contributed by atoms with Gasteiger partial charge in [0.05, 0.1) is 11.3 Å². The highest BCUT2D eigenvalue weighted by Gasteiger charge is 2.33. The maximum Gasteiger partial charge on any atom is 0.418 e. The van der Waals surface area contributed by atoms with E-state index in [4.69, 9.17) is 16.1 Å². The number of rotatable bonds is 4. The van der Waals surface area contributed by atoms with Crippen molar-refractivity contribution in [1.82, 2.24) is 10.1 Å². The highest BCUT2D eigenvalue weighted by molar-refractivity contribution is 6.30. The number of amides is 1. The van der Waals surface area contributed by atoms with Crippen molar-refractivity contribution < 1.29 is 22.5 Å². The number of hydrogen-bond donors (Lipinski definition) is 2. The van der Waals surface area contributed by atoms with Gasteiger partial charge in [0.1, 0.15) is 11.5 Å². The predicted octanol–water partition coefficient (Wildman–Crippen LogP) is 5.05. The minimum absolute atomic E-state index is 0.0109. The van der Waals surface area contributed by atoms with Gasteiger partial charge in [0.2, 0.25) is 0 Å². The summed E-state index contributed by atoms with van der Waals surface area (Å²) in [7, 11) is 0. The molecule has 0 saturated carbocycles. The fraction of sp³-hybridized carbons (Fsp3) is 0.118. The first-order chi connectivity index (χ1) is 12.7. The summed E-state index contributed by atoms with van der Waals surface area (Å²) in [5.41, 5.74) is -0.880. The molecule has 1 amide bonds. The van der Waals surface area contributed by atoms with Crippen molar-refractivity contribution in [2.45, 2.75) is 13.1 Å². The molecule has 0 spiro atoms. The molecule has 0 atom stereocenters. The van der Waals surface area contributed by atoms with Crippen molar-refractivity contribution in [2.75, 3.05) is 10.6 Å². The van der Waals surface area contributed by atoms with Gasteiger partial charge in [0, 0.05) is 23.0 Å². The first-order valence-electron chi connectivity index (χ1n) is 7.57. The summed E-state index contributed by atoms with van der Waals surface area (Å²) in [5.74, 6) is 0.130. The van der Waals surface area contributed by atoms with Gasteiger partial charge in [-0.3, -0.25) is 9.78 Å². The molecule has 3 aromatic rings. The molecule has 3 rings (SSSR count). The average molecular weight is 397 g/mol. The number of nitrogens with one attached hydrogen (secondary N) is 2. The zero-order chi connectivity index (χ0) is 19.6. The van der Waals surface area contributed by atoms with Crippen molar-refractivity contribution in [3.05, 3.63) is 64.6 Å². The molecule has 2 N–H and O–H groups in total. The van der Waals surface area contributed by atoms with Crippen LogP contribution in [0.3, 0.4) is 0 Å². The number of carbonyl (C=O) groups is 1. The summed E-state index contributed by atoms with van der Waals surface area (Å²) in [6.07, 6.45) is -3.29. The number of alkyl halides is 3. The molecular weight excluding hydrogens is 385 g/mol. The largest absolute Gasteiger partial charge is 0.418 e. The molecule has 0 unspecified atom stereocenters. The minimum atomic E-state index is -4.59. The maximum absolute atomic E-state index is 13.2. The Morgan fingerprint density at radius 2 is 1.96 bits per heavy atom. The van der Waals surface area contributed by atoms with Crippen molar-refractivity contribution in [3.63, 3.8) is 0 Å². The Balaban J connectivity index is 1.83. The van der Waals surface area contributed by atoms with E-state index < -0.39 is 17.6 Å². The van der Waals surface area contributed by atoms with Gasteiger partial charge in [0.25, 0.3) is 5.91 Å². The van der Waals surface area contributed by atoms with Crippen LogP contribution in [0.15, 0.2) is 47.1 Å². The molecule has 0 bridgehead atoms. The monoisotopic (exact) mass is 396 g/mol. The summed E-state index contributed by atoms with van der Waals surface area (Å²) < 4.78 is 44.4. The van der Waals surface area contributed by atoms with Crippen LogP contribution in [0.1, 0.15) is 21.8 Å². The number of hydrogen-bond acceptors (Lipinski definition) is 5. The van der Waals surface area contributed by atoms with E-state index >= 15 is 0 Å². The van der Waals surface area contributed by atoms with Crippen molar-refractivity contribution >= 4 is 34.7 Å². The smallest absolute Gasteiger partial charge is 0.360 e. The quantitative estimate of drug-likeness (QED) is 0.645. The Labute approximate surface area is 156 Å². The lowest BCUT2D eigenvalue weighted by molar-refractivity contribution is -0.136. The second kappa shape index (κ2) is 7.28. The van der Waals surface area contributed by atoms with Crippen LogP contribution in [-0.4, -0.2) is 16.0 Å². The summed E-state index contributed by atoms with van der Waals surface area (Å²) in [5, 5.41) is 8.71. The number of carbonyl (C=O) groups excluding carboxylic acids is 1. The lowest BCUT2D eigenvalue weighted by Gasteiger charge is -2.15. The Kier molecular flexibility index (Phi) is 5.04. The number of pyridine rings is 1. The van der Waals surface area contributed by atoms with Gasteiger partial charge in [-0.2, -0.15) is 13.2 Å². The Morgan fingerprint density at radius 3 is 2.63 bits per heavy atom. The number of aryl methyl sites for hydroxylation is 1. The first-order valence-corrected chi connectivity index (χ1v) is 7.94. The van der Waals surface area contributed by atoms with E-state index in [0.717, 1.165) is 6.07 Å². The van der Waals surface area contributed by atoms with Crippen molar-refractivity contribution in [1.29, 1.82) is 0 Å². The molecule has 0 saturated heterocycles. The summed E-state index contributed by atoms with van der Waals surface area (Å²) in [6, 6.07) is 7.64. The van der Waals surface area contributed by atoms with Gasteiger partial charge in [0.15, 0.2) is 5.82 Å². The van der Waals surface area contributed by atoms with Crippen molar-refractivity contribution in [2.24, 2.45) is 0 Å². The number of aromatic nitrogens is 2. The zero-order valence-corrected chi connectivity index (χ0v) is 14.5. The van der Waals surface area contributed by atoms with E-state index in [0.29, 0.717) is 5.76 Å². The SMILES string of the molecule is Cc1cc(NC(=O)c2cc(Nc3ccc(Cl)cc3C(F)(F)F)ccn2)no1. The first kappa shape index (κ1) is 18.7. The van der Waals surface area contributed by atoms with Gasteiger partial charge in [-0.25, -0.2) is 0 Å². The minimum Gasteiger partial charge on any atom is -0.360 e. The molecule has 6 nitrogen and oxygen atoms in total. The van der Waals surface area contributed by atoms with E-state index in [1.165, 1.54) is 36.5 Å². The van der Waals surface area contributed by atoms with Gasteiger partial charge in [-0.15, -0.1) is 0 Å². The molecule has 27 heavy (non-hydrogen) atoms. The summed E-state index contributed by atoms with van der Waals surface area (Å²) >= 11 is 5.67. The molecule has 2 heterocycles. The molecule has 2 aromatic heterocycles. The molecule has 0 aliphatic rings. The number of halogens is 4. The normalized spacial score (nSPS) is 11.3. The van der Waals surface area contributed by atoms with Gasteiger partial charge in [-0.1, -0.05) is 16.8 Å². The lowest BCUT2D eigenvalue weighted by atomic mass is 10.1. The number of benzene rings is 1. The number of anilines is 3. The highest BCUT2D eigenvalue weighted by atomic mass is 35.5. The van der Waals surface area contributed by atoms with E-state index in [-0.39, 0.29) is 27.9 Å². The average Bonchev–Trinajstić information content (AvgIpc) is 3.00. The predicted molar refractivity (Wildman–Crippen MR) is 93.2 cm³/mol. The molecule has 10 heteroatoms. The Hall–Kier alpha value is -3.07. The van der Waals surface area contributed by atoms with Crippen LogP contribution in [0.2, 0.25) is 5.02 Å². The second-order valence-corrected chi connectivity index (χ2v) is 5.96. The van der Waals surface area contributed by atoms with E-state index in [2.05, 4.69) is 20.8 Å². The van der Waals surface area contributed by atoms with Crippen molar-refractivity contribution in [3.8, 4) is 0 Å². The number of nitrogens with zero attached hydrogens (tertiary/aromatic N) is 2. The fourth-order valence-electron chi connectivity index (χ4n) is 2.25. The topological polar surface area (TPSA) is 80.0 Å². The molecule has 0 fully saturated rings. The summed E-state index contributed by atoms with van der Waals surface area (Å²) in [4.78, 5) is 16.1. The molecule has 140 valence electrons.